The standard InChI is InChI=1S/C39H62O13/c1-18-7-12-39(47-17-18)19(2)28-25(52-39)14-24-22-6-5-20-13-21(8-10-37(20,3)23(22)9-11-38(24,28)4)48-35-33(46)31(44)34(27(16-41)50-35)51-36-32(45)30(43)29(42)26(15-40)49-36/h5,18-19,21-36,40-46H,6-17H2,1-4H3/t18-,19?,21+,22-,23+,24+,25?,26-,27-,28?,29-,30+,31-,32-,33-,34-,35-,36+,37+,38+,39-/m1/s1. The van der Waals surface area contributed by atoms with Crippen molar-refractivity contribution in [2.24, 2.45) is 46.3 Å². The molecule has 0 aromatic carbocycles. The number of hydrogen-bond acceptors (Lipinski definition) is 13. The maximum Gasteiger partial charge on any atom is 0.187 e. The van der Waals surface area contributed by atoms with E-state index < -0.39 is 80.4 Å². The van der Waals surface area contributed by atoms with E-state index in [0.717, 1.165) is 38.7 Å². The average Bonchev–Trinajstić information content (AvgIpc) is 3.58. The van der Waals surface area contributed by atoms with Crippen molar-refractivity contribution in [1.82, 2.24) is 0 Å². The third-order valence-corrected chi connectivity index (χ3v) is 15.6. The Hall–Kier alpha value is -0.780. The molecule has 3 saturated carbocycles. The van der Waals surface area contributed by atoms with Crippen molar-refractivity contribution in [1.29, 1.82) is 0 Å². The molecule has 21 atom stereocenters. The van der Waals surface area contributed by atoms with Crippen LogP contribution in [0.15, 0.2) is 11.6 Å². The highest BCUT2D eigenvalue weighted by Gasteiger charge is 2.68. The van der Waals surface area contributed by atoms with Crippen LogP contribution in [-0.4, -0.2) is 135 Å². The summed E-state index contributed by atoms with van der Waals surface area (Å²) in [5, 5.41) is 72.7. The number of allylic oxidation sites excluding steroid dienone is 1. The summed E-state index contributed by atoms with van der Waals surface area (Å²) in [6, 6.07) is 0. The van der Waals surface area contributed by atoms with E-state index in [-0.39, 0.29) is 23.0 Å². The Labute approximate surface area is 306 Å². The summed E-state index contributed by atoms with van der Waals surface area (Å²) in [6.45, 7) is 9.20. The Kier molecular flexibility index (Phi) is 10.3. The van der Waals surface area contributed by atoms with Crippen LogP contribution >= 0.6 is 0 Å². The Morgan fingerprint density at radius 3 is 2.21 bits per heavy atom. The first-order chi connectivity index (χ1) is 24.7. The van der Waals surface area contributed by atoms with E-state index in [0.29, 0.717) is 41.9 Å². The molecule has 4 heterocycles. The van der Waals surface area contributed by atoms with Gasteiger partial charge in [-0.2, -0.15) is 0 Å². The number of aliphatic hydroxyl groups excluding tert-OH is 7. The van der Waals surface area contributed by atoms with Crippen LogP contribution in [0.5, 0.6) is 0 Å². The second-order valence-electron chi connectivity index (χ2n) is 18.3. The first kappa shape index (κ1) is 38.1. The van der Waals surface area contributed by atoms with Crippen LogP contribution in [0.3, 0.4) is 0 Å². The Morgan fingerprint density at radius 1 is 0.788 bits per heavy atom. The third-order valence-electron chi connectivity index (χ3n) is 15.6. The molecule has 13 heteroatoms. The molecule has 52 heavy (non-hydrogen) atoms. The minimum absolute atomic E-state index is 0.0572. The molecule has 8 aliphatic rings. The topological polar surface area (TPSA) is 197 Å². The summed E-state index contributed by atoms with van der Waals surface area (Å²) >= 11 is 0. The zero-order valence-corrected chi connectivity index (χ0v) is 31.0. The number of hydrogen-bond donors (Lipinski definition) is 7. The van der Waals surface area contributed by atoms with Crippen LogP contribution in [0.4, 0.5) is 0 Å². The first-order valence-corrected chi connectivity index (χ1v) is 20.0. The van der Waals surface area contributed by atoms with E-state index in [1.165, 1.54) is 24.8 Å². The number of fused-ring (bicyclic) bond motifs is 7. The molecule has 0 bridgehead atoms. The van der Waals surface area contributed by atoms with Crippen molar-refractivity contribution in [3.8, 4) is 0 Å². The molecule has 7 fully saturated rings. The van der Waals surface area contributed by atoms with Gasteiger partial charge in [-0.25, -0.2) is 0 Å². The van der Waals surface area contributed by atoms with Crippen LogP contribution in [0, 0.1) is 46.3 Å². The average molecular weight is 739 g/mol. The van der Waals surface area contributed by atoms with Crippen molar-refractivity contribution in [2.75, 3.05) is 19.8 Å². The molecule has 4 aliphatic carbocycles. The Balaban J connectivity index is 0.913. The molecule has 4 aliphatic heterocycles. The summed E-state index contributed by atoms with van der Waals surface area (Å²) in [4.78, 5) is 0. The predicted molar refractivity (Wildman–Crippen MR) is 183 cm³/mol. The van der Waals surface area contributed by atoms with Gasteiger partial charge in [0.15, 0.2) is 18.4 Å². The fourth-order valence-electron chi connectivity index (χ4n) is 12.6. The molecule has 0 aromatic rings. The highest BCUT2D eigenvalue weighted by molar-refractivity contribution is 5.26. The van der Waals surface area contributed by atoms with Crippen molar-refractivity contribution >= 4 is 0 Å². The van der Waals surface area contributed by atoms with E-state index in [1.54, 1.807) is 0 Å². The third kappa shape index (κ3) is 5.90. The van der Waals surface area contributed by atoms with Crippen LogP contribution < -0.4 is 0 Å². The molecule has 1 spiro atoms. The largest absolute Gasteiger partial charge is 0.394 e. The zero-order chi connectivity index (χ0) is 36.9. The molecule has 3 unspecified atom stereocenters. The zero-order valence-electron chi connectivity index (χ0n) is 31.0. The molecule has 7 N–H and O–H groups in total. The van der Waals surface area contributed by atoms with Crippen LogP contribution in [0.25, 0.3) is 0 Å². The summed E-state index contributed by atoms with van der Waals surface area (Å²) in [5.74, 6) is 2.92. The summed E-state index contributed by atoms with van der Waals surface area (Å²) in [7, 11) is 0. The molecule has 0 amide bonds. The lowest BCUT2D eigenvalue weighted by Gasteiger charge is -2.58. The van der Waals surface area contributed by atoms with Gasteiger partial charge in [-0.3, -0.25) is 0 Å². The first-order valence-electron chi connectivity index (χ1n) is 20.0. The summed E-state index contributed by atoms with van der Waals surface area (Å²) < 4.78 is 36.9. The minimum Gasteiger partial charge on any atom is -0.394 e. The van der Waals surface area contributed by atoms with Crippen LogP contribution in [0.1, 0.15) is 85.5 Å². The highest BCUT2D eigenvalue weighted by atomic mass is 16.7. The van der Waals surface area contributed by atoms with Gasteiger partial charge in [0.25, 0.3) is 0 Å². The molecule has 4 saturated heterocycles. The molecule has 13 nitrogen and oxygen atoms in total. The second kappa shape index (κ2) is 14.0. The summed E-state index contributed by atoms with van der Waals surface area (Å²) in [5.41, 5.74) is 1.70. The van der Waals surface area contributed by atoms with E-state index in [4.69, 9.17) is 28.4 Å². The normalized spacial score (nSPS) is 57.5. The fourth-order valence-corrected chi connectivity index (χ4v) is 12.6. The van der Waals surface area contributed by atoms with Gasteiger partial charge < -0.3 is 64.2 Å². The van der Waals surface area contributed by atoms with Gasteiger partial charge in [-0.1, -0.05) is 39.3 Å². The van der Waals surface area contributed by atoms with E-state index in [1.807, 2.05) is 0 Å². The molecule has 8 rings (SSSR count). The van der Waals surface area contributed by atoms with Gasteiger partial charge in [0.05, 0.1) is 32.0 Å². The van der Waals surface area contributed by atoms with Crippen molar-refractivity contribution in [3.05, 3.63) is 11.6 Å². The van der Waals surface area contributed by atoms with Crippen molar-refractivity contribution in [3.63, 3.8) is 0 Å². The lowest BCUT2D eigenvalue weighted by atomic mass is 9.47. The SMILES string of the molecule is CC1C2C(C[C@H]3[C@@H]4CC=C5C[C@@H](O[C@@H]6O[C@H](CO)[C@@H](O[C@@H]7O[C@H](CO)[C@@H](O)[C@H](O)[C@H]7O)[C@H](O)[C@H]6O)CC[C@]5(C)[C@H]4CC[C@]23C)O[C@]12CC[C@@H](C)CO2. The van der Waals surface area contributed by atoms with Gasteiger partial charge in [0, 0.05) is 12.3 Å². The molecular weight excluding hydrogens is 676 g/mol. The number of rotatable bonds is 6. The highest BCUT2D eigenvalue weighted by Crippen LogP contribution is 2.70. The minimum atomic E-state index is -1.72. The Morgan fingerprint density at radius 2 is 1.50 bits per heavy atom. The van der Waals surface area contributed by atoms with Gasteiger partial charge in [-0.15, -0.1) is 0 Å². The van der Waals surface area contributed by atoms with Gasteiger partial charge in [-0.05, 0) is 91.8 Å². The summed E-state index contributed by atoms with van der Waals surface area (Å²) in [6.07, 6.45) is -3.06. The fraction of sp³-hybridized carbons (Fsp3) is 0.949. The smallest absolute Gasteiger partial charge is 0.187 e. The van der Waals surface area contributed by atoms with Crippen molar-refractivity contribution in [2.45, 2.75) is 165 Å². The molecular formula is C39H62O13. The van der Waals surface area contributed by atoms with E-state index in [2.05, 4.69) is 33.8 Å². The maximum atomic E-state index is 11.1. The van der Waals surface area contributed by atoms with E-state index in [9.17, 15) is 35.7 Å². The van der Waals surface area contributed by atoms with Gasteiger partial charge >= 0.3 is 0 Å². The van der Waals surface area contributed by atoms with Crippen LogP contribution in [0.2, 0.25) is 0 Å². The second-order valence-corrected chi connectivity index (χ2v) is 18.3. The predicted octanol–water partition coefficient (Wildman–Crippen LogP) is 1.36. The lowest BCUT2D eigenvalue weighted by molar-refractivity contribution is -0.363. The number of ether oxygens (including phenoxy) is 6. The maximum absolute atomic E-state index is 11.1. The number of aliphatic hydroxyl groups is 7. The molecule has 0 radical (unpaired) electrons. The molecule has 296 valence electrons. The lowest BCUT2D eigenvalue weighted by Crippen LogP contribution is -2.65. The van der Waals surface area contributed by atoms with Gasteiger partial charge in [0.1, 0.15) is 48.8 Å². The molecule has 0 aromatic heterocycles. The van der Waals surface area contributed by atoms with E-state index >= 15 is 0 Å². The quantitative estimate of drug-likeness (QED) is 0.193. The van der Waals surface area contributed by atoms with Crippen molar-refractivity contribution < 1.29 is 64.2 Å². The van der Waals surface area contributed by atoms with Crippen LogP contribution in [-0.2, 0) is 28.4 Å². The Bertz CT molecular complexity index is 1320. The monoisotopic (exact) mass is 738 g/mol. The van der Waals surface area contributed by atoms with Gasteiger partial charge in [0.2, 0.25) is 0 Å².